The molecule has 28 heavy (non-hydrogen) atoms. The second kappa shape index (κ2) is 7.61. The highest BCUT2D eigenvalue weighted by Gasteiger charge is 2.19. The van der Waals surface area contributed by atoms with E-state index in [1.807, 2.05) is 4.83 Å². The van der Waals surface area contributed by atoms with Crippen molar-refractivity contribution in [1.82, 2.24) is 4.83 Å². The zero-order valence-corrected chi connectivity index (χ0v) is 15.3. The molecule has 10 heteroatoms. The maximum absolute atomic E-state index is 13.0. The lowest BCUT2D eigenvalue weighted by Gasteiger charge is -2.04. The van der Waals surface area contributed by atoms with Crippen molar-refractivity contribution in [3.05, 3.63) is 81.9 Å². The average molecular weight is 403 g/mol. The topological polar surface area (TPSA) is 115 Å². The van der Waals surface area contributed by atoms with Gasteiger partial charge in [-0.1, -0.05) is 6.07 Å². The zero-order valence-electron chi connectivity index (χ0n) is 14.5. The summed E-state index contributed by atoms with van der Waals surface area (Å²) in [4.78, 5) is 12.0. The summed E-state index contributed by atoms with van der Waals surface area (Å²) in [6.45, 7) is 1.51. The highest BCUT2D eigenvalue weighted by atomic mass is 32.2. The van der Waals surface area contributed by atoms with E-state index in [2.05, 4.69) is 5.10 Å². The molecule has 0 bridgehead atoms. The van der Waals surface area contributed by atoms with Crippen LogP contribution in [0.25, 0.3) is 11.3 Å². The molecule has 1 heterocycles. The monoisotopic (exact) mass is 403 g/mol. The van der Waals surface area contributed by atoms with Crippen LogP contribution >= 0.6 is 0 Å². The number of hydrazone groups is 1. The molecule has 8 nitrogen and oxygen atoms in total. The molecule has 0 spiro atoms. The molecule has 0 aliphatic rings. The number of nitro benzene ring substituents is 1. The Morgan fingerprint density at radius 3 is 2.54 bits per heavy atom. The summed E-state index contributed by atoms with van der Waals surface area (Å²) in [5.41, 5.74) is 0.687. The van der Waals surface area contributed by atoms with Crippen LogP contribution in [0.15, 0.2) is 69.0 Å². The van der Waals surface area contributed by atoms with Gasteiger partial charge in [0.05, 0.1) is 16.0 Å². The van der Waals surface area contributed by atoms with Crippen LogP contribution in [0.4, 0.5) is 10.1 Å². The highest BCUT2D eigenvalue weighted by molar-refractivity contribution is 7.89. The van der Waals surface area contributed by atoms with Gasteiger partial charge in [0.2, 0.25) is 0 Å². The summed E-state index contributed by atoms with van der Waals surface area (Å²) in [6.07, 6.45) is 1.15. The van der Waals surface area contributed by atoms with E-state index in [0.717, 1.165) is 12.3 Å². The van der Waals surface area contributed by atoms with Crippen LogP contribution in [0.5, 0.6) is 0 Å². The van der Waals surface area contributed by atoms with Gasteiger partial charge < -0.3 is 4.42 Å². The molecule has 3 aromatic rings. The molecule has 0 fully saturated rings. The fourth-order valence-corrected chi connectivity index (χ4v) is 3.17. The number of halogens is 1. The maximum atomic E-state index is 13.0. The quantitative estimate of drug-likeness (QED) is 0.383. The Bertz CT molecular complexity index is 1150. The molecule has 0 unspecified atom stereocenters. The number of furan rings is 1. The summed E-state index contributed by atoms with van der Waals surface area (Å²) >= 11 is 0. The number of nitrogens with zero attached hydrogens (tertiary/aromatic N) is 2. The van der Waals surface area contributed by atoms with Gasteiger partial charge in [-0.05, 0) is 49.4 Å². The van der Waals surface area contributed by atoms with Crippen LogP contribution in [-0.4, -0.2) is 19.6 Å². The number of nitrogens with one attached hydrogen (secondary N) is 1. The lowest BCUT2D eigenvalue weighted by atomic mass is 10.2. The van der Waals surface area contributed by atoms with Gasteiger partial charge in [-0.15, -0.1) is 0 Å². The Morgan fingerprint density at radius 1 is 1.14 bits per heavy atom. The molecule has 0 saturated heterocycles. The van der Waals surface area contributed by atoms with E-state index < -0.39 is 14.9 Å². The Labute approximate surface area is 159 Å². The largest absolute Gasteiger partial charge is 0.455 e. The lowest BCUT2D eigenvalue weighted by molar-refractivity contribution is -0.385. The summed E-state index contributed by atoms with van der Waals surface area (Å²) in [6, 6.07) is 12.4. The van der Waals surface area contributed by atoms with E-state index in [-0.39, 0.29) is 22.2 Å². The first kappa shape index (κ1) is 19.2. The van der Waals surface area contributed by atoms with Crippen LogP contribution in [0.2, 0.25) is 0 Å². The van der Waals surface area contributed by atoms with Gasteiger partial charge in [0.25, 0.3) is 15.7 Å². The smallest absolute Gasteiger partial charge is 0.276 e. The van der Waals surface area contributed by atoms with Gasteiger partial charge in [-0.25, -0.2) is 4.39 Å². The zero-order chi connectivity index (χ0) is 20.3. The maximum Gasteiger partial charge on any atom is 0.276 e. The first-order valence-electron chi connectivity index (χ1n) is 7.92. The van der Waals surface area contributed by atoms with Gasteiger partial charge in [-0.2, -0.15) is 18.4 Å². The minimum Gasteiger partial charge on any atom is -0.455 e. The van der Waals surface area contributed by atoms with Gasteiger partial charge in [0, 0.05) is 17.2 Å². The Hall–Kier alpha value is -3.53. The fraction of sp³-hybridized carbons (Fsp3) is 0.0556. The molecular formula is C18H14FN3O5S. The van der Waals surface area contributed by atoms with Crippen molar-refractivity contribution in [2.24, 2.45) is 5.10 Å². The molecular weight excluding hydrogens is 389 g/mol. The van der Waals surface area contributed by atoms with Crippen molar-refractivity contribution in [2.75, 3.05) is 0 Å². The molecule has 0 aliphatic heterocycles. The molecule has 0 atom stereocenters. The number of benzene rings is 2. The van der Waals surface area contributed by atoms with Crippen LogP contribution < -0.4 is 4.83 Å². The highest BCUT2D eigenvalue weighted by Crippen LogP contribution is 2.23. The number of aryl methyl sites for hydroxylation is 1. The normalized spacial score (nSPS) is 11.6. The van der Waals surface area contributed by atoms with E-state index in [1.165, 1.54) is 31.2 Å². The molecule has 0 saturated carbocycles. The number of nitro groups is 1. The van der Waals surface area contributed by atoms with Crippen molar-refractivity contribution in [3.8, 4) is 11.3 Å². The third-order valence-electron chi connectivity index (χ3n) is 3.81. The predicted octanol–water partition coefficient (Wildman–Crippen LogP) is 3.61. The van der Waals surface area contributed by atoms with Crippen molar-refractivity contribution >= 4 is 21.9 Å². The van der Waals surface area contributed by atoms with Crippen molar-refractivity contribution < 1.29 is 22.1 Å². The van der Waals surface area contributed by atoms with Gasteiger partial charge in [-0.3, -0.25) is 10.1 Å². The van der Waals surface area contributed by atoms with Crippen molar-refractivity contribution in [2.45, 2.75) is 11.8 Å². The van der Waals surface area contributed by atoms with E-state index >= 15 is 0 Å². The van der Waals surface area contributed by atoms with E-state index in [4.69, 9.17) is 4.42 Å². The van der Waals surface area contributed by atoms with Crippen LogP contribution in [0.3, 0.4) is 0 Å². The third-order valence-corrected chi connectivity index (χ3v) is 5.03. The molecule has 2 aromatic carbocycles. The standard InChI is InChI=1S/C18H14FN3O5S/c1-12-2-8-16(10-17(12)22(23)24)28(25,26)21-20-11-15-7-9-18(27-15)13-3-5-14(19)6-4-13/h2-11,21H,1H3/b20-11-. The van der Waals surface area contributed by atoms with Crippen molar-refractivity contribution in [3.63, 3.8) is 0 Å². The molecule has 1 aromatic heterocycles. The van der Waals surface area contributed by atoms with Crippen LogP contribution in [0.1, 0.15) is 11.3 Å². The molecule has 1 N–H and O–H groups in total. The Morgan fingerprint density at radius 2 is 1.86 bits per heavy atom. The summed E-state index contributed by atoms with van der Waals surface area (Å²) in [5, 5.41) is 14.6. The van der Waals surface area contributed by atoms with E-state index in [0.29, 0.717) is 16.9 Å². The summed E-state index contributed by atoms with van der Waals surface area (Å²) in [7, 11) is -4.09. The number of sulfonamides is 1. The second-order valence-corrected chi connectivity index (χ2v) is 7.43. The van der Waals surface area contributed by atoms with Gasteiger partial charge >= 0.3 is 0 Å². The average Bonchev–Trinajstić information content (AvgIpc) is 3.11. The Balaban J connectivity index is 1.74. The second-order valence-electron chi connectivity index (χ2n) is 5.77. The van der Waals surface area contributed by atoms with Gasteiger partial charge in [0.1, 0.15) is 17.3 Å². The van der Waals surface area contributed by atoms with Crippen LogP contribution in [-0.2, 0) is 10.0 Å². The molecule has 3 rings (SSSR count). The minimum atomic E-state index is -4.09. The lowest BCUT2D eigenvalue weighted by Crippen LogP contribution is -2.18. The van der Waals surface area contributed by atoms with Crippen molar-refractivity contribution in [1.29, 1.82) is 0 Å². The minimum absolute atomic E-state index is 0.261. The van der Waals surface area contributed by atoms with E-state index in [9.17, 15) is 22.9 Å². The third kappa shape index (κ3) is 4.23. The fourth-order valence-electron chi connectivity index (χ4n) is 2.36. The summed E-state index contributed by atoms with van der Waals surface area (Å²) < 4.78 is 43.0. The molecule has 144 valence electrons. The first-order chi connectivity index (χ1) is 13.3. The van der Waals surface area contributed by atoms with E-state index in [1.54, 1.807) is 24.3 Å². The van der Waals surface area contributed by atoms with Crippen LogP contribution in [0, 0.1) is 22.9 Å². The summed E-state index contributed by atoms with van der Waals surface area (Å²) in [5.74, 6) is 0.346. The number of hydrogen-bond acceptors (Lipinski definition) is 6. The molecule has 0 aliphatic carbocycles. The molecule has 0 amide bonds. The number of hydrogen-bond donors (Lipinski definition) is 1. The van der Waals surface area contributed by atoms with Gasteiger partial charge in [0.15, 0.2) is 0 Å². The Kier molecular flexibility index (Phi) is 5.23. The SMILES string of the molecule is Cc1ccc(S(=O)(=O)N/N=C\c2ccc(-c3ccc(F)cc3)o2)cc1[N+](=O)[O-]. The predicted molar refractivity (Wildman–Crippen MR) is 99.9 cm³/mol. The first-order valence-corrected chi connectivity index (χ1v) is 9.40. The number of rotatable bonds is 6. The molecule has 0 radical (unpaired) electrons.